The lowest BCUT2D eigenvalue weighted by atomic mass is 10.0. The van der Waals surface area contributed by atoms with E-state index in [2.05, 4.69) is 31.2 Å². The zero-order valence-electron chi connectivity index (χ0n) is 9.13. The molecular formula is C14H20. The highest BCUT2D eigenvalue weighted by molar-refractivity contribution is 5.23. The van der Waals surface area contributed by atoms with Crippen LogP contribution in [0.5, 0.6) is 0 Å². The van der Waals surface area contributed by atoms with Crippen LogP contribution in [0.25, 0.3) is 0 Å². The zero-order valence-corrected chi connectivity index (χ0v) is 9.13. The van der Waals surface area contributed by atoms with Crippen LogP contribution in [0.3, 0.4) is 0 Å². The van der Waals surface area contributed by atoms with Crippen molar-refractivity contribution in [2.75, 3.05) is 0 Å². The van der Waals surface area contributed by atoms with Crippen molar-refractivity contribution in [2.24, 2.45) is 5.92 Å². The van der Waals surface area contributed by atoms with Crippen LogP contribution in [0.2, 0.25) is 0 Å². The van der Waals surface area contributed by atoms with Crippen molar-refractivity contribution in [3.8, 4) is 0 Å². The molecule has 0 saturated heterocycles. The third-order valence-corrected chi connectivity index (χ3v) is 3.07. The first kappa shape index (κ1) is 9.76. The van der Waals surface area contributed by atoms with E-state index in [0.29, 0.717) is 0 Å². The molecular weight excluding hydrogens is 168 g/mol. The van der Waals surface area contributed by atoms with Gasteiger partial charge in [-0.05, 0) is 36.3 Å². The van der Waals surface area contributed by atoms with Crippen LogP contribution >= 0.6 is 0 Å². The summed E-state index contributed by atoms with van der Waals surface area (Å²) in [5.41, 5.74) is 3.06. The van der Waals surface area contributed by atoms with Crippen LogP contribution in [0.4, 0.5) is 0 Å². The van der Waals surface area contributed by atoms with Gasteiger partial charge in [0.1, 0.15) is 0 Å². The summed E-state index contributed by atoms with van der Waals surface area (Å²) < 4.78 is 0. The summed E-state index contributed by atoms with van der Waals surface area (Å²) in [7, 11) is 0. The van der Waals surface area contributed by atoms with Gasteiger partial charge in [-0.15, -0.1) is 0 Å². The molecule has 1 fully saturated rings. The Hall–Kier alpha value is -0.780. The van der Waals surface area contributed by atoms with Crippen molar-refractivity contribution in [2.45, 2.75) is 45.4 Å². The van der Waals surface area contributed by atoms with E-state index in [4.69, 9.17) is 0 Å². The minimum Gasteiger partial charge on any atom is -0.0651 e. The van der Waals surface area contributed by atoms with E-state index in [1.54, 1.807) is 5.56 Å². The van der Waals surface area contributed by atoms with Crippen molar-refractivity contribution >= 4 is 0 Å². The van der Waals surface area contributed by atoms with E-state index in [1.807, 2.05) is 0 Å². The van der Waals surface area contributed by atoms with Gasteiger partial charge < -0.3 is 0 Å². The molecule has 1 aliphatic carbocycles. The van der Waals surface area contributed by atoms with Gasteiger partial charge in [0.25, 0.3) is 0 Å². The van der Waals surface area contributed by atoms with E-state index < -0.39 is 0 Å². The molecule has 1 aliphatic rings. The Kier molecular flexibility index (Phi) is 3.23. The molecule has 0 heterocycles. The van der Waals surface area contributed by atoms with Gasteiger partial charge >= 0.3 is 0 Å². The number of benzene rings is 1. The van der Waals surface area contributed by atoms with Gasteiger partial charge in [0, 0.05) is 0 Å². The van der Waals surface area contributed by atoms with Crippen LogP contribution in [-0.4, -0.2) is 0 Å². The number of hydrogen-bond acceptors (Lipinski definition) is 0. The number of hydrogen-bond donors (Lipinski definition) is 0. The van der Waals surface area contributed by atoms with E-state index in [9.17, 15) is 0 Å². The first-order chi connectivity index (χ1) is 6.88. The highest BCUT2D eigenvalue weighted by atomic mass is 14.3. The van der Waals surface area contributed by atoms with Crippen molar-refractivity contribution in [3.05, 3.63) is 35.4 Å². The topological polar surface area (TPSA) is 0 Å². The summed E-state index contributed by atoms with van der Waals surface area (Å²) in [4.78, 5) is 0. The van der Waals surface area contributed by atoms with Gasteiger partial charge in [0.2, 0.25) is 0 Å². The predicted molar refractivity (Wildman–Crippen MR) is 61.5 cm³/mol. The molecule has 14 heavy (non-hydrogen) atoms. The van der Waals surface area contributed by atoms with Crippen LogP contribution in [0.15, 0.2) is 24.3 Å². The summed E-state index contributed by atoms with van der Waals surface area (Å²) in [6, 6.07) is 9.14. The molecule has 0 N–H and O–H groups in total. The lowest BCUT2D eigenvalue weighted by Gasteiger charge is -2.03. The molecule has 0 bridgehead atoms. The van der Waals surface area contributed by atoms with Gasteiger partial charge in [0.05, 0.1) is 0 Å². The van der Waals surface area contributed by atoms with Crippen molar-refractivity contribution in [1.29, 1.82) is 0 Å². The zero-order chi connectivity index (χ0) is 9.80. The van der Waals surface area contributed by atoms with Crippen LogP contribution in [0.1, 0.15) is 43.7 Å². The quantitative estimate of drug-likeness (QED) is 0.655. The molecule has 1 saturated carbocycles. The molecule has 0 atom stereocenters. The third kappa shape index (κ3) is 2.87. The Labute approximate surface area is 87.3 Å². The van der Waals surface area contributed by atoms with Crippen molar-refractivity contribution in [3.63, 3.8) is 0 Å². The molecule has 1 aromatic rings. The molecule has 2 rings (SSSR count). The fourth-order valence-electron chi connectivity index (χ4n) is 2.01. The van der Waals surface area contributed by atoms with Gasteiger partial charge in [-0.1, -0.05) is 50.5 Å². The first-order valence-electron chi connectivity index (χ1n) is 5.96. The summed E-state index contributed by atoms with van der Waals surface area (Å²) in [6.07, 6.45) is 8.16. The Morgan fingerprint density at radius 1 is 1.14 bits per heavy atom. The Morgan fingerprint density at radius 2 is 1.86 bits per heavy atom. The fourth-order valence-corrected chi connectivity index (χ4v) is 2.01. The largest absolute Gasteiger partial charge is 0.0651 e. The van der Waals surface area contributed by atoms with Gasteiger partial charge in [-0.2, -0.15) is 0 Å². The third-order valence-electron chi connectivity index (χ3n) is 3.07. The van der Waals surface area contributed by atoms with Crippen LogP contribution in [0, 0.1) is 5.92 Å². The highest BCUT2D eigenvalue weighted by Crippen LogP contribution is 2.33. The second kappa shape index (κ2) is 4.63. The highest BCUT2D eigenvalue weighted by Gasteiger charge is 2.20. The lowest BCUT2D eigenvalue weighted by molar-refractivity contribution is 0.725. The normalized spacial score (nSPS) is 15.8. The SMILES string of the molecule is CCCc1cccc(CCC2CC2)c1. The second-order valence-electron chi connectivity index (χ2n) is 4.55. The maximum atomic E-state index is 2.39. The molecule has 1 aromatic carbocycles. The molecule has 0 amide bonds. The minimum atomic E-state index is 1.06. The molecule has 0 radical (unpaired) electrons. The first-order valence-corrected chi connectivity index (χ1v) is 5.96. The fraction of sp³-hybridized carbons (Fsp3) is 0.571. The molecule has 76 valence electrons. The van der Waals surface area contributed by atoms with E-state index in [-0.39, 0.29) is 0 Å². The maximum Gasteiger partial charge on any atom is -0.0276 e. The standard InChI is InChI=1S/C14H20/c1-2-4-13-5-3-6-14(11-13)10-9-12-7-8-12/h3,5-6,11-12H,2,4,7-10H2,1H3. The van der Waals surface area contributed by atoms with E-state index in [1.165, 1.54) is 44.1 Å². The molecule has 0 nitrogen and oxygen atoms in total. The summed E-state index contributed by atoms with van der Waals surface area (Å²) in [6.45, 7) is 2.25. The Balaban J connectivity index is 1.90. The van der Waals surface area contributed by atoms with Gasteiger partial charge in [-0.3, -0.25) is 0 Å². The van der Waals surface area contributed by atoms with E-state index in [0.717, 1.165) is 5.92 Å². The summed E-state index contributed by atoms with van der Waals surface area (Å²) in [5.74, 6) is 1.06. The second-order valence-corrected chi connectivity index (χ2v) is 4.55. The monoisotopic (exact) mass is 188 g/mol. The van der Waals surface area contributed by atoms with Crippen molar-refractivity contribution < 1.29 is 0 Å². The molecule has 0 spiro atoms. The van der Waals surface area contributed by atoms with Crippen LogP contribution < -0.4 is 0 Å². The van der Waals surface area contributed by atoms with Crippen LogP contribution in [-0.2, 0) is 12.8 Å². The lowest BCUT2D eigenvalue weighted by Crippen LogP contribution is -1.89. The summed E-state index contributed by atoms with van der Waals surface area (Å²) >= 11 is 0. The number of aryl methyl sites for hydroxylation is 2. The molecule has 0 heteroatoms. The predicted octanol–water partition coefficient (Wildman–Crippen LogP) is 3.98. The van der Waals surface area contributed by atoms with Crippen molar-refractivity contribution in [1.82, 2.24) is 0 Å². The molecule has 0 aromatic heterocycles. The van der Waals surface area contributed by atoms with E-state index >= 15 is 0 Å². The molecule has 0 unspecified atom stereocenters. The van der Waals surface area contributed by atoms with Gasteiger partial charge in [-0.25, -0.2) is 0 Å². The number of rotatable bonds is 5. The minimum absolute atomic E-state index is 1.06. The van der Waals surface area contributed by atoms with Gasteiger partial charge in [0.15, 0.2) is 0 Å². The smallest absolute Gasteiger partial charge is 0.0276 e. The Bertz CT molecular complexity index is 284. The molecule has 0 aliphatic heterocycles. The Morgan fingerprint density at radius 3 is 2.50 bits per heavy atom. The average Bonchev–Trinajstić information content (AvgIpc) is 2.99. The maximum absolute atomic E-state index is 2.39. The summed E-state index contributed by atoms with van der Waals surface area (Å²) in [5, 5.41) is 0. The average molecular weight is 188 g/mol.